The topological polar surface area (TPSA) is 74.0 Å². The molecular formula is C23H21F2N3O2. The number of carbonyl (C=O) groups is 2. The first kappa shape index (κ1) is 19.8. The Morgan fingerprint density at radius 1 is 1.00 bits per heavy atom. The quantitative estimate of drug-likeness (QED) is 0.582. The van der Waals surface area contributed by atoms with Crippen LogP contribution in [0, 0.1) is 11.6 Å². The molecule has 0 saturated carbocycles. The van der Waals surface area contributed by atoms with Gasteiger partial charge in [0.1, 0.15) is 17.7 Å². The van der Waals surface area contributed by atoms with Crippen LogP contribution in [-0.2, 0) is 16.0 Å². The van der Waals surface area contributed by atoms with Gasteiger partial charge in [-0.2, -0.15) is 0 Å². The highest BCUT2D eigenvalue weighted by Crippen LogP contribution is 2.30. The van der Waals surface area contributed by atoms with E-state index >= 15 is 0 Å². The summed E-state index contributed by atoms with van der Waals surface area (Å²) in [5.74, 6) is -1.01. The maximum Gasteiger partial charge on any atom is 0.242 e. The van der Waals surface area contributed by atoms with Gasteiger partial charge in [-0.05, 0) is 84.1 Å². The van der Waals surface area contributed by atoms with E-state index < -0.39 is 6.04 Å². The van der Waals surface area contributed by atoms with Gasteiger partial charge in [0, 0.05) is 24.4 Å². The number of H-pyrrole nitrogens is 1. The van der Waals surface area contributed by atoms with Crippen LogP contribution in [0.4, 0.5) is 8.78 Å². The van der Waals surface area contributed by atoms with E-state index in [0.717, 1.165) is 28.1 Å². The number of hydrogen-bond donors (Lipinski definition) is 3. The predicted molar refractivity (Wildman–Crippen MR) is 109 cm³/mol. The number of hydrogen-bond acceptors (Lipinski definition) is 2. The van der Waals surface area contributed by atoms with Gasteiger partial charge in [-0.3, -0.25) is 9.59 Å². The van der Waals surface area contributed by atoms with Crippen LogP contribution in [0.1, 0.15) is 18.4 Å². The third kappa shape index (κ3) is 4.40. The Morgan fingerprint density at radius 2 is 1.63 bits per heavy atom. The lowest BCUT2D eigenvalue weighted by Crippen LogP contribution is -2.40. The first-order chi connectivity index (χ1) is 14.5. The summed E-state index contributed by atoms with van der Waals surface area (Å²) in [5, 5.41) is 5.45. The van der Waals surface area contributed by atoms with Crippen LogP contribution >= 0.6 is 0 Å². The van der Waals surface area contributed by atoms with Crippen LogP contribution in [0.25, 0.3) is 22.5 Å². The van der Waals surface area contributed by atoms with E-state index in [1.54, 1.807) is 24.3 Å². The standard InChI is InChI=1S/C23H21F2N3O2/c24-17-6-1-14(2-7-17)20-13-16(22(28-20)15-3-8-18(25)9-4-15)5-10-21(29)27-19-11-12-26-23(19)30/h1-4,6-9,13,19,28H,5,10-12H2,(H,26,30)(H,27,29). The van der Waals surface area contributed by atoms with Crippen molar-refractivity contribution in [2.24, 2.45) is 0 Å². The molecule has 1 atom stereocenters. The molecule has 3 N–H and O–H groups in total. The molecule has 1 aliphatic rings. The average Bonchev–Trinajstić information content (AvgIpc) is 3.34. The normalized spacial score (nSPS) is 15.8. The maximum absolute atomic E-state index is 13.4. The molecule has 4 rings (SSSR count). The fourth-order valence-electron chi connectivity index (χ4n) is 3.60. The summed E-state index contributed by atoms with van der Waals surface area (Å²) in [6, 6.07) is 13.6. The summed E-state index contributed by atoms with van der Waals surface area (Å²) in [6.07, 6.45) is 1.23. The molecule has 30 heavy (non-hydrogen) atoms. The number of aromatic amines is 1. The van der Waals surface area contributed by atoms with Gasteiger partial charge in [-0.15, -0.1) is 0 Å². The second-order valence-corrected chi connectivity index (χ2v) is 7.30. The van der Waals surface area contributed by atoms with Crippen molar-refractivity contribution < 1.29 is 18.4 Å². The fourth-order valence-corrected chi connectivity index (χ4v) is 3.60. The van der Waals surface area contributed by atoms with Crippen LogP contribution in [0.2, 0.25) is 0 Å². The Labute approximate surface area is 172 Å². The number of aromatic nitrogens is 1. The summed E-state index contributed by atoms with van der Waals surface area (Å²) in [5.41, 5.74) is 4.03. The third-order valence-electron chi connectivity index (χ3n) is 5.19. The van der Waals surface area contributed by atoms with E-state index in [1.807, 2.05) is 6.07 Å². The molecule has 1 saturated heterocycles. The van der Waals surface area contributed by atoms with Crippen LogP contribution in [-0.4, -0.2) is 29.4 Å². The van der Waals surface area contributed by atoms with Crippen molar-refractivity contribution in [2.45, 2.75) is 25.3 Å². The van der Waals surface area contributed by atoms with E-state index in [4.69, 9.17) is 0 Å². The van der Waals surface area contributed by atoms with Crippen LogP contribution in [0.3, 0.4) is 0 Å². The van der Waals surface area contributed by atoms with E-state index in [0.29, 0.717) is 19.4 Å². The summed E-state index contributed by atoms with van der Waals surface area (Å²) >= 11 is 0. The minimum absolute atomic E-state index is 0.157. The highest BCUT2D eigenvalue weighted by atomic mass is 19.1. The maximum atomic E-state index is 13.4. The molecule has 2 amide bonds. The molecule has 0 spiro atoms. The highest BCUT2D eigenvalue weighted by molar-refractivity contribution is 5.89. The van der Waals surface area contributed by atoms with Crippen LogP contribution in [0.15, 0.2) is 54.6 Å². The molecule has 3 aromatic rings. The number of rotatable bonds is 6. The molecule has 1 unspecified atom stereocenters. The number of amides is 2. The van der Waals surface area contributed by atoms with Gasteiger partial charge < -0.3 is 15.6 Å². The smallest absolute Gasteiger partial charge is 0.242 e. The summed E-state index contributed by atoms with van der Waals surface area (Å²) in [4.78, 5) is 27.3. The average molecular weight is 409 g/mol. The lowest BCUT2D eigenvalue weighted by Gasteiger charge is -2.10. The summed E-state index contributed by atoms with van der Waals surface area (Å²) in [7, 11) is 0. The molecule has 0 bridgehead atoms. The molecule has 0 aliphatic carbocycles. The number of carbonyl (C=O) groups excluding carboxylic acids is 2. The second kappa shape index (κ2) is 8.49. The molecule has 1 aliphatic heterocycles. The van der Waals surface area contributed by atoms with Gasteiger partial charge >= 0.3 is 0 Å². The Hall–Kier alpha value is -3.48. The Morgan fingerprint density at radius 3 is 2.23 bits per heavy atom. The largest absolute Gasteiger partial charge is 0.354 e. The number of halogens is 2. The predicted octanol–water partition coefficient (Wildman–Crippen LogP) is 3.56. The minimum Gasteiger partial charge on any atom is -0.354 e. The monoisotopic (exact) mass is 409 g/mol. The zero-order chi connectivity index (χ0) is 21.1. The van der Waals surface area contributed by atoms with Gasteiger partial charge in [-0.25, -0.2) is 8.78 Å². The summed E-state index contributed by atoms with van der Waals surface area (Å²) < 4.78 is 26.6. The molecule has 1 aromatic heterocycles. The molecule has 2 heterocycles. The molecule has 5 nitrogen and oxygen atoms in total. The zero-order valence-electron chi connectivity index (χ0n) is 16.2. The molecule has 2 aromatic carbocycles. The number of nitrogens with one attached hydrogen (secondary N) is 3. The zero-order valence-corrected chi connectivity index (χ0v) is 16.2. The molecule has 154 valence electrons. The van der Waals surface area contributed by atoms with Gasteiger partial charge in [-0.1, -0.05) is 0 Å². The van der Waals surface area contributed by atoms with Crippen molar-refractivity contribution in [1.29, 1.82) is 0 Å². The minimum atomic E-state index is -0.477. The van der Waals surface area contributed by atoms with Crippen LogP contribution < -0.4 is 10.6 Å². The highest BCUT2D eigenvalue weighted by Gasteiger charge is 2.25. The van der Waals surface area contributed by atoms with Gasteiger partial charge in [0.25, 0.3) is 0 Å². The van der Waals surface area contributed by atoms with Gasteiger partial charge in [0.05, 0.1) is 0 Å². The van der Waals surface area contributed by atoms with E-state index in [2.05, 4.69) is 15.6 Å². The SMILES string of the molecule is O=C(CCc1cc(-c2ccc(F)cc2)[nH]c1-c1ccc(F)cc1)NC1CCNC1=O. The number of benzene rings is 2. The second-order valence-electron chi connectivity index (χ2n) is 7.30. The molecule has 0 radical (unpaired) electrons. The number of aryl methyl sites for hydroxylation is 1. The van der Waals surface area contributed by atoms with E-state index in [-0.39, 0.29) is 29.9 Å². The van der Waals surface area contributed by atoms with Crippen molar-refractivity contribution in [2.75, 3.05) is 6.54 Å². The van der Waals surface area contributed by atoms with Crippen LogP contribution in [0.5, 0.6) is 0 Å². The lowest BCUT2D eigenvalue weighted by atomic mass is 10.0. The molecule has 7 heteroatoms. The Bertz CT molecular complexity index is 1060. The Kier molecular flexibility index (Phi) is 5.61. The molecule has 1 fully saturated rings. The lowest BCUT2D eigenvalue weighted by molar-refractivity contribution is -0.127. The Balaban J connectivity index is 1.56. The third-order valence-corrected chi connectivity index (χ3v) is 5.19. The van der Waals surface area contributed by atoms with Crippen molar-refractivity contribution in [1.82, 2.24) is 15.6 Å². The van der Waals surface area contributed by atoms with Gasteiger partial charge in [0.15, 0.2) is 0 Å². The van der Waals surface area contributed by atoms with E-state index in [9.17, 15) is 18.4 Å². The molecular weight excluding hydrogens is 388 g/mol. The van der Waals surface area contributed by atoms with Crippen molar-refractivity contribution in [3.05, 3.63) is 71.8 Å². The van der Waals surface area contributed by atoms with Crippen molar-refractivity contribution in [3.63, 3.8) is 0 Å². The first-order valence-electron chi connectivity index (χ1n) is 9.80. The first-order valence-corrected chi connectivity index (χ1v) is 9.80. The summed E-state index contributed by atoms with van der Waals surface area (Å²) in [6.45, 7) is 0.567. The van der Waals surface area contributed by atoms with Crippen molar-refractivity contribution >= 4 is 11.8 Å². The fraction of sp³-hybridized carbons (Fsp3) is 0.217. The van der Waals surface area contributed by atoms with Crippen molar-refractivity contribution in [3.8, 4) is 22.5 Å². The van der Waals surface area contributed by atoms with E-state index in [1.165, 1.54) is 24.3 Å². The van der Waals surface area contributed by atoms with Gasteiger partial charge in [0.2, 0.25) is 11.8 Å².